The number of H-pyrrole nitrogens is 1. The summed E-state index contributed by atoms with van der Waals surface area (Å²) in [7, 11) is -4.71. The van der Waals surface area contributed by atoms with E-state index in [-0.39, 0.29) is 10.2 Å². The molecule has 6 atom stereocenters. The third-order valence-corrected chi connectivity index (χ3v) is 8.54. The number of alkyl halides is 2. The Morgan fingerprint density at radius 3 is 2.57 bits per heavy atom. The number of carbonyl (C=O) groups excluding carboxylic acids is 1. The van der Waals surface area contributed by atoms with Crippen molar-refractivity contribution < 1.29 is 41.8 Å². The van der Waals surface area contributed by atoms with Crippen LogP contribution < -0.4 is 20.9 Å². The normalized spacial score (nSPS) is 26.2. The molecule has 3 N–H and O–H groups in total. The van der Waals surface area contributed by atoms with Gasteiger partial charge in [-0.05, 0) is 55.1 Å². The van der Waals surface area contributed by atoms with E-state index in [2.05, 4.69) is 21.0 Å². The lowest BCUT2D eigenvalue weighted by molar-refractivity contribution is -0.204. The zero-order valence-electron chi connectivity index (χ0n) is 22.9. The third kappa shape index (κ3) is 6.51. The van der Waals surface area contributed by atoms with Gasteiger partial charge in [0.2, 0.25) is 0 Å². The number of hydrogen-bond acceptors (Lipinski definition) is 9. The lowest BCUT2D eigenvalue weighted by atomic mass is 9.97. The summed E-state index contributed by atoms with van der Waals surface area (Å²) in [4.78, 5) is 38.5. The highest BCUT2D eigenvalue weighted by atomic mass is 79.9. The summed E-state index contributed by atoms with van der Waals surface area (Å²) in [6, 6.07) is 10.5. The van der Waals surface area contributed by atoms with Gasteiger partial charge in [-0.1, -0.05) is 36.4 Å². The Morgan fingerprint density at radius 2 is 1.88 bits per heavy atom. The van der Waals surface area contributed by atoms with Crippen molar-refractivity contribution in [2.75, 3.05) is 6.61 Å². The quantitative estimate of drug-likeness (QED) is 0.213. The first-order valence-corrected chi connectivity index (χ1v) is 15.0. The highest BCUT2D eigenvalue weighted by molar-refractivity contribution is 9.10. The maximum atomic E-state index is 16.1. The summed E-state index contributed by atoms with van der Waals surface area (Å²) in [5, 5.41) is 14.2. The van der Waals surface area contributed by atoms with E-state index in [9.17, 15) is 24.1 Å². The van der Waals surface area contributed by atoms with Crippen molar-refractivity contribution in [3.05, 3.63) is 74.0 Å². The Balaban J connectivity index is 1.65. The molecule has 0 amide bonds. The standard InChI is InChI=1S/C26H29BrF2N3O9P/c1-14(2)39-21(34)15(3)31-42(37,41-19-11-7-9-16-8-5-6-10-17(16)19)38-13-26(29)22(35)25(4,28)23(40-26)32-12-18(27)20(33)30-24(32)36/h5-12,14-15,22-23,35H,13H2,1-4H3,(H,31,37)(H,30,33,36). The van der Waals surface area contributed by atoms with Gasteiger partial charge in [-0.2, -0.15) is 5.09 Å². The third-order valence-electron chi connectivity index (χ3n) is 6.37. The summed E-state index contributed by atoms with van der Waals surface area (Å²) in [5.74, 6) is -4.15. The number of halogens is 3. The molecular formula is C26H29BrF2N3O9P. The van der Waals surface area contributed by atoms with E-state index in [1.807, 2.05) is 4.98 Å². The number of nitrogens with one attached hydrogen (secondary N) is 2. The molecule has 0 bridgehead atoms. The molecule has 1 aliphatic rings. The maximum absolute atomic E-state index is 16.1. The van der Waals surface area contributed by atoms with Crippen LogP contribution in [-0.2, 0) is 23.4 Å². The number of aliphatic hydroxyl groups excluding tert-OH is 1. The summed E-state index contributed by atoms with van der Waals surface area (Å²) >= 11 is 2.90. The van der Waals surface area contributed by atoms with E-state index >= 15 is 8.78 Å². The minimum atomic E-state index is -4.71. The molecule has 2 heterocycles. The van der Waals surface area contributed by atoms with Crippen LogP contribution in [0.3, 0.4) is 0 Å². The minimum Gasteiger partial charge on any atom is -0.462 e. The lowest BCUT2D eigenvalue weighted by Crippen LogP contribution is -2.48. The number of carbonyl (C=O) groups is 1. The maximum Gasteiger partial charge on any atom is 0.459 e. The number of benzene rings is 2. The van der Waals surface area contributed by atoms with Crippen LogP contribution in [0.15, 0.2) is 62.7 Å². The second-order valence-corrected chi connectivity index (χ2v) is 12.7. The first kappa shape index (κ1) is 32.0. The summed E-state index contributed by atoms with van der Waals surface area (Å²) in [6.45, 7) is 3.94. The molecule has 0 radical (unpaired) electrons. The Bertz CT molecular complexity index is 1640. The number of fused-ring (bicyclic) bond motifs is 1. The highest BCUT2D eigenvalue weighted by Gasteiger charge is 2.65. The van der Waals surface area contributed by atoms with Crippen LogP contribution in [0.25, 0.3) is 10.8 Å². The Hall–Kier alpha value is -2.94. The predicted octanol–water partition coefficient (Wildman–Crippen LogP) is 3.87. The molecule has 12 nitrogen and oxygen atoms in total. The average molecular weight is 676 g/mol. The number of esters is 1. The Labute approximate surface area is 246 Å². The smallest absolute Gasteiger partial charge is 0.459 e. The molecule has 1 aromatic heterocycles. The van der Waals surface area contributed by atoms with Crippen LogP contribution in [0.5, 0.6) is 5.75 Å². The molecule has 0 aliphatic carbocycles. The fraction of sp³-hybridized carbons (Fsp3) is 0.423. The average Bonchev–Trinajstić information content (AvgIpc) is 3.09. The van der Waals surface area contributed by atoms with Crippen LogP contribution in [0.4, 0.5) is 8.78 Å². The van der Waals surface area contributed by atoms with E-state index < -0.39 is 67.6 Å². The van der Waals surface area contributed by atoms with Gasteiger partial charge in [0.1, 0.15) is 18.4 Å². The molecule has 2 aromatic carbocycles. The van der Waals surface area contributed by atoms with Crippen molar-refractivity contribution in [2.24, 2.45) is 0 Å². The van der Waals surface area contributed by atoms with Crippen LogP contribution in [0, 0.1) is 0 Å². The van der Waals surface area contributed by atoms with Crippen molar-refractivity contribution in [1.82, 2.24) is 14.6 Å². The Morgan fingerprint density at radius 1 is 1.21 bits per heavy atom. The van der Waals surface area contributed by atoms with E-state index in [1.165, 1.54) is 13.0 Å². The van der Waals surface area contributed by atoms with Crippen LogP contribution in [-0.4, -0.2) is 57.0 Å². The largest absolute Gasteiger partial charge is 0.462 e. The van der Waals surface area contributed by atoms with Crippen LogP contribution in [0.1, 0.15) is 33.9 Å². The van der Waals surface area contributed by atoms with Gasteiger partial charge in [0.25, 0.3) is 11.4 Å². The molecule has 228 valence electrons. The lowest BCUT2D eigenvalue weighted by Gasteiger charge is -2.28. The number of hydrogen-bond donors (Lipinski definition) is 3. The number of ether oxygens (including phenoxy) is 2. The molecule has 1 saturated heterocycles. The molecule has 6 unspecified atom stereocenters. The van der Waals surface area contributed by atoms with Gasteiger partial charge in [0.05, 0.1) is 10.6 Å². The van der Waals surface area contributed by atoms with Gasteiger partial charge >= 0.3 is 19.4 Å². The molecule has 3 aromatic rings. The topological polar surface area (TPSA) is 158 Å². The molecule has 42 heavy (non-hydrogen) atoms. The minimum absolute atomic E-state index is 0.0482. The number of aromatic amines is 1. The van der Waals surface area contributed by atoms with E-state index in [0.717, 1.165) is 13.1 Å². The molecule has 16 heteroatoms. The predicted molar refractivity (Wildman–Crippen MR) is 150 cm³/mol. The second kappa shape index (κ2) is 12.0. The number of rotatable bonds is 10. The fourth-order valence-corrected chi connectivity index (χ4v) is 6.13. The van der Waals surface area contributed by atoms with Gasteiger partial charge in [-0.15, -0.1) is 0 Å². The SMILES string of the molecule is CC(C)OC(=O)C(C)NP(=O)(OCC1(F)OC(n2cc(Br)c(=O)[nH]c2=O)C(C)(F)C1O)Oc1cccc2ccccc12. The van der Waals surface area contributed by atoms with Gasteiger partial charge < -0.3 is 19.1 Å². The first-order valence-electron chi connectivity index (χ1n) is 12.7. The van der Waals surface area contributed by atoms with Gasteiger partial charge in [-0.25, -0.2) is 18.1 Å². The van der Waals surface area contributed by atoms with Gasteiger partial charge in [0, 0.05) is 11.6 Å². The van der Waals surface area contributed by atoms with E-state index in [0.29, 0.717) is 15.3 Å². The Kier molecular flexibility index (Phi) is 9.12. The zero-order chi connectivity index (χ0) is 31.0. The summed E-state index contributed by atoms with van der Waals surface area (Å²) in [5.41, 5.74) is -4.91. The fourth-order valence-electron chi connectivity index (χ4n) is 4.29. The number of aliphatic hydroxyl groups is 1. The van der Waals surface area contributed by atoms with Crippen LogP contribution in [0.2, 0.25) is 0 Å². The van der Waals surface area contributed by atoms with Gasteiger partial charge in [-0.3, -0.25) is 23.7 Å². The molecule has 1 aliphatic heterocycles. The molecular weight excluding hydrogens is 647 g/mol. The van der Waals surface area contributed by atoms with Crippen LogP contribution >= 0.6 is 23.7 Å². The number of nitrogens with zero attached hydrogens (tertiary/aromatic N) is 1. The van der Waals surface area contributed by atoms with E-state index in [4.69, 9.17) is 18.5 Å². The van der Waals surface area contributed by atoms with Crippen molar-refractivity contribution >= 4 is 40.4 Å². The van der Waals surface area contributed by atoms with Crippen molar-refractivity contribution in [2.45, 2.75) is 63.7 Å². The molecule has 1 fully saturated rings. The van der Waals surface area contributed by atoms with Crippen molar-refractivity contribution in [3.8, 4) is 5.75 Å². The van der Waals surface area contributed by atoms with E-state index in [1.54, 1.807) is 50.2 Å². The molecule has 0 spiro atoms. The second-order valence-electron chi connectivity index (χ2n) is 10.1. The number of aromatic nitrogens is 2. The van der Waals surface area contributed by atoms with Crippen molar-refractivity contribution in [1.29, 1.82) is 0 Å². The highest BCUT2D eigenvalue weighted by Crippen LogP contribution is 2.52. The monoisotopic (exact) mass is 675 g/mol. The molecule has 0 saturated carbocycles. The molecule has 4 rings (SSSR count). The first-order chi connectivity index (χ1) is 19.6. The van der Waals surface area contributed by atoms with Gasteiger partial charge in [0.15, 0.2) is 18.0 Å². The zero-order valence-corrected chi connectivity index (χ0v) is 25.4. The summed E-state index contributed by atoms with van der Waals surface area (Å²) < 4.78 is 67.6. The van der Waals surface area contributed by atoms with Crippen molar-refractivity contribution in [3.63, 3.8) is 0 Å². The summed E-state index contributed by atoms with van der Waals surface area (Å²) in [6.07, 6.45) is -4.27.